The highest BCUT2D eigenvalue weighted by Crippen LogP contribution is 2.56. The zero-order chi connectivity index (χ0) is 16.2. The standard InChI is InChI=1S/C18H22F3NO/c1-22-9-8-17-7-3-2-4-14(17)16(22)10-12-5-6-13(11-15(12)17)23-18(19,20)21/h5-6,11,14,16H,2-4,7-10H2,1H3/t14-,16+,17+/m1/s1. The molecule has 0 unspecified atom stereocenters. The first-order valence-corrected chi connectivity index (χ1v) is 8.48. The second-order valence-corrected chi connectivity index (χ2v) is 7.38. The van der Waals surface area contributed by atoms with Crippen LogP contribution in [0.25, 0.3) is 0 Å². The van der Waals surface area contributed by atoms with Gasteiger partial charge in [0.2, 0.25) is 0 Å². The van der Waals surface area contributed by atoms with Gasteiger partial charge in [0, 0.05) is 11.5 Å². The van der Waals surface area contributed by atoms with Gasteiger partial charge in [-0.15, -0.1) is 13.2 Å². The highest BCUT2D eigenvalue weighted by atomic mass is 19.4. The molecular formula is C18H22F3NO. The normalized spacial score (nSPS) is 33.7. The Kier molecular flexibility index (Phi) is 3.42. The van der Waals surface area contributed by atoms with Crippen LogP contribution >= 0.6 is 0 Å². The lowest BCUT2D eigenvalue weighted by atomic mass is 9.52. The number of fused-ring (bicyclic) bond motifs is 1. The predicted molar refractivity (Wildman–Crippen MR) is 81.5 cm³/mol. The number of benzene rings is 1. The van der Waals surface area contributed by atoms with Crippen LogP contribution in [0.15, 0.2) is 18.2 Å². The summed E-state index contributed by atoms with van der Waals surface area (Å²) in [4.78, 5) is 2.46. The van der Waals surface area contributed by atoms with Gasteiger partial charge in [-0.05, 0) is 68.5 Å². The summed E-state index contributed by atoms with van der Waals surface area (Å²) >= 11 is 0. The minimum atomic E-state index is -4.62. The Labute approximate surface area is 134 Å². The number of hydrogen-bond acceptors (Lipinski definition) is 2. The number of hydrogen-bond donors (Lipinski definition) is 0. The van der Waals surface area contributed by atoms with Gasteiger partial charge in [0.05, 0.1) is 0 Å². The summed E-state index contributed by atoms with van der Waals surface area (Å²) in [7, 11) is 2.19. The summed E-state index contributed by atoms with van der Waals surface area (Å²) in [6.07, 6.45) is 2.09. The molecule has 4 rings (SSSR count). The molecule has 1 saturated heterocycles. The maximum atomic E-state index is 12.6. The number of piperidine rings is 1. The molecule has 0 amide bonds. The molecule has 1 saturated carbocycles. The smallest absolute Gasteiger partial charge is 0.406 e. The van der Waals surface area contributed by atoms with Crippen molar-refractivity contribution in [2.24, 2.45) is 5.92 Å². The maximum absolute atomic E-state index is 12.6. The minimum Gasteiger partial charge on any atom is -0.406 e. The van der Waals surface area contributed by atoms with Crippen LogP contribution in [0.2, 0.25) is 0 Å². The van der Waals surface area contributed by atoms with Gasteiger partial charge in [0.25, 0.3) is 0 Å². The number of nitrogens with zero attached hydrogens (tertiary/aromatic N) is 1. The molecule has 1 aliphatic heterocycles. The predicted octanol–water partition coefficient (Wildman–Crippen LogP) is 4.27. The van der Waals surface area contributed by atoms with Gasteiger partial charge in [-0.1, -0.05) is 18.9 Å². The fourth-order valence-electron chi connectivity index (χ4n) is 5.37. The Bertz CT molecular complexity index is 615. The highest BCUT2D eigenvalue weighted by Gasteiger charge is 2.53. The Morgan fingerprint density at radius 2 is 2.04 bits per heavy atom. The van der Waals surface area contributed by atoms with Crippen LogP contribution in [0.4, 0.5) is 13.2 Å². The maximum Gasteiger partial charge on any atom is 0.573 e. The summed E-state index contributed by atoms with van der Waals surface area (Å²) < 4.78 is 41.9. The molecule has 5 heteroatoms. The van der Waals surface area contributed by atoms with Gasteiger partial charge >= 0.3 is 6.36 Å². The number of alkyl halides is 3. The molecule has 0 spiro atoms. The third-order valence-electron chi connectivity index (χ3n) is 6.32. The summed E-state index contributed by atoms with van der Waals surface area (Å²) in [5.74, 6) is 0.510. The monoisotopic (exact) mass is 325 g/mol. The average Bonchev–Trinajstić information content (AvgIpc) is 2.50. The first kappa shape index (κ1) is 15.3. The molecule has 3 atom stereocenters. The molecule has 2 bridgehead atoms. The van der Waals surface area contributed by atoms with Crippen molar-refractivity contribution in [3.05, 3.63) is 29.3 Å². The van der Waals surface area contributed by atoms with Crippen molar-refractivity contribution >= 4 is 0 Å². The van der Waals surface area contributed by atoms with E-state index in [4.69, 9.17) is 0 Å². The zero-order valence-corrected chi connectivity index (χ0v) is 13.3. The topological polar surface area (TPSA) is 12.5 Å². The van der Waals surface area contributed by atoms with Gasteiger partial charge in [0.15, 0.2) is 0 Å². The van der Waals surface area contributed by atoms with Crippen LogP contribution in [0.5, 0.6) is 5.75 Å². The van der Waals surface area contributed by atoms with Crippen LogP contribution in [0.1, 0.15) is 43.2 Å². The largest absolute Gasteiger partial charge is 0.573 e. The van der Waals surface area contributed by atoms with E-state index in [1.54, 1.807) is 6.07 Å². The Morgan fingerprint density at radius 1 is 1.22 bits per heavy atom. The molecule has 0 radical (unpaired) electrons. The Balaban J connectivity index is 1.79. The van der Waals surface area contributed by atoms with E-state index in [2.05, 4.69) is 16.7 Å². The van der Waals surface area contributed by atoms with E-state index < -0.39 is 6.36 Å². The van der Waals surface area contributed by atoms with Gasteiger partial charge < -0.3 is 9.64 Å². The number of rotatable bonds is 1. The number of likely N-dealkylation sites (tertiary alicyclic amines) is 1. The van der Waals surface area contributed by atoms with Gasteiger partial charge in [-0.2, -0.15) is 0 Å². The van der Waals surface area contributed by atoms with E-state index in [1.165, 1.54) is 30.9 Å². The molecule has 2 fully saturated rings. The molecule has 126 valence electrons. The summed E-state index contributed by atoms with van der Waals surface area (Å²) in [5, 5.41) is 0. The second kappa shape index (κ2) is 5.13. The molecule has 3 aliphatic rings. The first-order valence-electron chi connectivity index (χ1n) is 8.48. The molecular weight excluding hydrogens is 303 g/mol. The van der Waals surface area contributed by atoms with Crippen molar-refractivity contribution in [1.82, 2.24) is 4.90 Å². The third kappa shape index (κ3) is 2.44. The molecule has 2 nitrogen and oxygen atoms in total. The first-order chi connectivity index (χ1) is 10.9. The zero-order valence-electron chi connectivity index (χ0n) is 13.3. The molecule has 0 aromatic heterocycles. The van der Waals surface area contributed by atoms with Crippen molar-refractivity contribution in [2.45, 2.75) is 56.3 Å². The SMILES string of the molecule is CN1CC[C@@]23CCCC[C@@H]2[C@@H]1Cc1ccc(OC(F)(F)F)cc13. The number of ether oxygens (including phenoxy) is 1. The third-order valence-corrected chi connectivity index (χ3v) is 6.32. The Hall–Kier alpha value is -1.23. The van der Waals surface area contributed by atoms with Crippen LogP contribution in [-0.2, 0) is 11.8 Å². The van der Waals surface area contributed by atoms with Crippen molar-refractivity contribution in [1.29, 1.82) is 0 Å². The molecule has 1 aromatic carbocycles. The molecule has 23 heavy (non-hydrogen) atoms. The van der Waals surface area contributed by atoms with Crippen molar-refractivity contribution in [3.8, 4) is 5.75 Å². The fourth-order valence-corrected chi connectivity index (χ4v) is 5.37. The van der Waals surface area contributed by atoms with Crippen LogP contribution in [0.3, 0.4) is 0 Å². The fraction of sp³-hybridized carbons (Fsp3) is 0.667. The van der Waals surface area contributed by atoms with Crippen LogP contribution in [0, 0.1) is 5.92 Å². The van der Waals surface area contributed by atoms with Gasteiger partial charge in [-0.3, -0.25) is 0 Å². The van der Waals surface area contributed by atoms with E-state index in [9.17, 15) is 13.2 Å². The lowest BCUT2D eigenvalue weighted by Crippen LogP contribution is -2.59. The molecule has 1 aromatic rings. The molecule has 0 N–H and O–H groups in total. The van der Waals surface area contributed by atoms with Crippen LogP contribution in [-0.4, -0.2) is 30.9 Å². The van der Waals surface area contributed by atoms with E-state index in [0.29, 0.717) is 12.0 Å². The summed E-state index contributed by atoms with van der Waals surface area (Å²) in [6.45, 7) is 1.03. The van der Waals surface area contributed by atoms with Crippen molar-refractivity contribution in [2.75, 3.05) is 13.6 Å². The molecule has 2 aliphatic carbocycles. The van der Waals surface area contributed by atoms with E-state index >= 15 is 0 Å². The minimum absolute atomic E-state index is 0.0627. The van der Waals surface area contributed by atoms with Gasteiger partial charge in [0.1, 0.15) is 5.75 Å². The van der Waals surface area contributed by atoms with Crippen LogP contribution < -0.4 is 4.74 Å². The molecule has 1 heterocycles. The van der Waals surface area contributed by atoms with E-state index in [-0.39, 0.29) is 11.2 Å². The summed E-state index contributed by atoms with van der Waals surface area (Å²) in [5.41, 5.74) is 2.41. The van der Waals surface area contributed by atoms with Crippen molar-refractivity contribution in [3.63, 3.8) is 0 Å². The number of likely N-dealkylation sites (N-methyl/N-ethyl adjacent to an activating group) is 1. The highest BCUT2D eigenvalue weighted by molar-refractivity contribution is 5.45. The lowest BCUT2D eigenvalue weighted by Gasteiger charge is -2.58. The Morgan fingerprint density at radius 3 is 2.83 bits per heavy atom. The van der Waals surface area contributed by atoms with Crippen molar-refractivity contribution < 1.29 is 17.9 Å². The van der Waals surface area contributed by atoms with E-state index in [1.807, 2.05) is 6.07 Å². The number of halogens is 3. The second-order valence-electron chi connectivity index (χ2n) is 7.38. The lowest BCUT2D eigenvalue weighted by molar-refractivity contribution is -0.274. The quantitative estimate of drug-likeness (QED) is 0.764. The van der Waals surface area contributed by atoms with E-state index in [0.717, 1.165) is 31.4 Å². The average molecular weight is 325 g/mol. The summed E-state index contributed by atoms with van der Waals surface area (Å²) in [6, 6.07) is 5.55. The van der Waals surface area contributed by atoms with Gasteiger partial charge in [-0.25, -0.2) is 0 Å².